The molecule has 0 saturated heterocycles. The summed E-state index contributed by atoms with van der Waals surface area (Å²) in [6.45, 7) is 4.98. The lowest BCUT2D eigenvalue weighted by molar-refractivity contribution is -0.145. The molecule has 43 heavy (non-hydrogen) atoms. The van der Waals surface area contributed by atoms with Crippen molar-refractivity contribution in [3.05, 3.63) is 18.2 Å². The smallest absolute Gasteiger partial charge is 0.348 e. The molecule has 5 N–H and O–H groups in total. The number of H-pyrrole nitrogens is 1. The SMILES string of the molecule is CCCCCCCCCCCCCC(=O)N(CCc1cnc[nH]1)C(=O)CCCCCCCCCCCCC.NP(=O)(O)O. The summed E-state index contributed by atoms with van der Waals surface area (Å²) in [6, 6.07) is 0. The van der Waals surface area contributed by atoms with Gasteiger partial charge in [0.25, 0.3) is 0 Å². The summed E-state index contributed by atoms with van der Waals surface area (Å²) in [5.41, 5.74) is 4.99. The van der Waals surface area contributed by atoms with Gasteiger partial charge in [-0.1, -0.05) is 142 Å². The van der Waals surface area contributed by atoms with E-state index in [9.17, 15) is 9.59 Å². The summed E-state index contributed by atoms with van der Waals surface area (Å²) in [5.74, 6) is 0.0158. The molecule has 1 rings (SSSR count). The highest BCUT2D eigenvalue weighted by atomic mass is 31.2. The normalized spacial score (nSPS) is 11.3. The highest BCUT2D eigenvalue weighted by Crippen LogP contribution is 2.20. The highest BCUT2D eigenvalue weighted by Gasteiger charge is 2.20. The maximum atomic E-state index is 13.0. The molecular formula is C33H65N4O5P. The van der Waals surface area contributed by atoms with Gasteiger partial charge in [0.05, 0.1) is 6.33 Å². The molecule has 1 aromatic heterocycles. The number of unbranched alkanes of at least 4 members (excludes halogenated alkanes) is 20. The summed E-state index contributed by atoms with van der Waals surface area (Å²) >= 11 is 0. The van der Waals surface area contributed by atoms with E-state index in [4.69, 9.17) is 14.4 Å². The van der Waals surface area contributed by atoms with Crippen LogP contribution in [0.2, 0.25) is 0 Å². The van der Waals surface area contributed by atoms with Crippen LogP contribution in [0.15, 0.2) is 12.5 Å². The molecule has 252 valence electrons. The van der Waals surface area contributed by atoms with Crippen LogP contribution in [-0.2, 0) is 20.6 Å². The number of nitrogens with one attached hydrogen (secondary N) is 1. The molecule has 0 fully saturated rings. The molecule has 0 bridgehead atoms. The zero-order chi connectivity index (χ0) is 32.0. The molecule has 1 heterocycles. The van der Waals surface area contributed by atoms with Crippen LogP contribution in [0.4, 0.5) is 0 Å². The number of aromatic amines is 1. The number of rotatable bonds is 27. The summed E-state index contributed by atoms with van der Waals surface area (Å²) in [7, 11) is -4.14. The first-order valence-electron chi connectivity index (χ1n) is 17.3. The predicted molar refractivity (Wildman–Crippen MR) is 177 cm³/mol. The van der Waals surface area contributed by atoms with Gasteiger partial charge in [0.1, 0.15) is 0 Å². The molecule has 0 aliphatic carbocycles. The lowest BCUT2D eigenvalue weighted by atomic mass is 10.0. The third-order valence-corrected chi connectivity index (χ3v) is 7.75. The van der Waals surface area contributed by atoms with E-state index in [-0.39, 0.29) is 11.8 Å². The van der Waals surface area contributed by atoms with E-state index in [1.54, 1.807) is 12.5 Å². The van der Waals surface area contributed by atoms with Gasteiger partial charge in [0.2, 0.25) is 11.8 Å². The van der Waals surface area contributed by atoms with Crippen LogP contribution in [0, 0.1) is 0 Å². The maximum Gasteiger partial charge on any atom is 0.397 e. The zero-order valence-electron chi connectivity index (χ0n) is 27.6. The summed E-state index contributed by atoms with van der Waals surface area (Å²) in [6.07, 6.45) is 32.9. The number of aromatic nitrogens is 2. The molecule has 10 heteroatoms. The van der Waals surface area contributed by atoms with Crippen LogP contribution in [0.1, 0.15) is 174 Å². The number of imidazole rings is 1. The standard InChI is InChI=1S/C33H61N3O2.H4NO3P/c1-3-5-7-9-11-13-15-17-19-21-23-25-32(37)36(28-27-31-29-34-30-35-31)33(38)26-24-22-20-18-16-14-12-10-8-6-4-2;1-5(2,3)4/h29-30H,3-28H2,1-2H3,(H,34,35);(H4,1,2,3,4). The van der Waals surface area contributed by atoms with Gasteiger partial charge in [-0.15, -0.1) is 0 Å². The fourth-order valence-corrected chi connectivity index (χ4v) is 5.19. The van der Waals surface area contributed by atoms with Crippen LogP contribution >= 0.6 is 7.75 Å². The summed E-state index contributed by atoms with van der Waals surface area (Å²) in [4.78, 5) is 49.5. The highest BCUT2D eigenvalue weighted by molar-refractivity contribution is 7.49. The van der Waals surface area contributed by atoms with E-state index >= 15 is 0 Å². The fourth-order valence-electron chi connectivity index (χ4n) is 5.19. The van der Waals surface area contributed by atoms with Gasteiger partial charge in [0.15, 0.2) is 0 Å². The Labute approximate surface area is 262 Å². The van der Waals surface area contributed by atoms with Gasteiger partial charge in [-0.05, 0) is 12.8 Å². The van der Waals surface area contributed by atoms with E-state index in [2.05, 4.69) is 29.3 Å². The van der Waals surface area contributed by atoms with Crippen LogP contribution in [-0.4, -0.2) is 43.0 Å². The topological polar surface area (TPSA) is 150 Å². The molecule has 1 aromatic rings. The van der Waals surface area contributed by atoms with Crippen molar-refractivity contribution in [2.45, 2.75) is 174 Å². The molecule has 2 amide bonds. The van der Waals surface area contributed by atoms with Crippen molar-refractivity contribution in [1.82, 2.24) is 14.9 Å². The van der Waals surface area contributed by atoms with Crippen molar-refractivity contribution < 1.29 is 23.9 Å². The van der Waals surface area contributed by atoms with Crippen LogP contribution in [0.5, 0.6) is 0 Å². The van der Waals surface area contributed by atoms with Crippen molar-refractivity contribution in [1.29, 1.82) is 0 Å². The Morgan fingerprint density at radius 1 is 0.698 bits per heavy atom. The quantitative estimate of drug-likeness (QED) is 0.0562. The number of imide groups is 1. The Hall–Kier alpha value is -1.54. The van der Waals surface area contributed by atoms with E-state index in [0.717, 1.165) is 31.4 Å². The summed E-state index contributed by atoms with van der Waals surface area (Å²) < 4.78 is 9.10. The molecule has 0 radical (unpaired) electrons. The van der Waals surface area contributed by atoms with Gasteiger partial charge < -0.3 is 14.8 Å². The van der Waals surface area contributed by atoms with Crippen LogP contribution in [0.25, 0.3) is 0 Å². The molecule has 0 aliphatic heterocycles. The Morgan fingerprint density at radius 2 is 1.02 bits per heavy atom. The Balaban J connectivity index is 0.00000324. The first-order valence-corrected chi connectivity index (χ1v) is 19.0. The lowest BCUT2D eigenvalue weighted by Gasteiger charge is -2.21. The molecule has 0 aliphatic rings. The van der Waals surface area contributed by atoms with Crippen molar-refractivity contribution in [2.24, 2.45) is 5.50 Å². The van der Waals surface area contributed by atoms with Gasteiger partial charge in [-0.3, -0.25) is 14.5 Å². The maximum absolute atomic E-state index is 13.0. The fraction of sp³-hybridized carbons (Fsp3) is 0.848. The van der Waals surface area contributed by atoms with Gasteiger partial charge in [0, 0.05) is 37.7 Å². The van der Waals surface area contributed by atoms with Crippen LogP contribution < -0.4 is 5.50 Å². The molecule has 0 atom stereocenters. The Bertz CT molecular complexity index is 770. The van der Waals surface area contributed by atoms with Gasteiger partial charge in [-0.2, -0.15) is 0 Å². The van der Waals surface area contributed by atoms with E-state index in [0.29, 0.717) is 25.8 Å². The predicted octanol–water partition coefficient (Wildman–Crippen LogP) is 8.75. The first kappa shape index (κ1) is 41.5. The second-order valence-corrected chi connectivity index (χ2v) is 13.1. The molecule has 0 unspecified atom stereocenters. The van der Waals surface area contributed by atoms with Crippen molar-refractivity contribution in [2.75, 3.05) is 6.54 Å². The average molecular weight is 629 g/mol. The molecule has 0 aromatic carbocycles. The Morgan fingerprint density at radius 3 is 1.33 bits per heavy atom. The van der Waals surface area contributed by atoms with E-state index in [1.165, 1.54) is 120 Å². The van der Waals surface area contributed by atoms with Crippen molar-refractivity contribution in [3.63, 3.8) is 0 Å². The number of hydrogen-bond acceptors (Lipinski definition) is 4. The average Bonchev–Trinajstić information content (AvgIpc) is 3.47. The van der Waals surface area contributed by atoms with E-state index < -0.39 is 7.75 Å². The zero-order valence-corrected chi connectivity index (χ0v) is 28.5. The molecule has 0 spiro atoms. The summed E-state index contributed by atoms with van der Waals surface area (Å²) in [5, 5.41) is 0. The number of carbonyl (C=O) groups is 2. The van der Waals surface area contributed by atoms with Crippen molar-refractivity contribution >= 4 is 19.6 Å². The third-order valence-electron chi connectivity index (χ3n) is 7.75. The monoisotopic (exact) mass is 628 g/mol. The molecule has 9 nitrogen and oxygen atoms in total. The molecular weight excluding hydrogens is 563 g/mol. The van der Waals surface area contributed by atoms with Crippen LogP contribution in [0.3, 0.4) is 0 Å². The lowest BCUT2D eigenvalue weighted by Crippen LogP contribution is -2.38. The molecule has 0 saturated carbocycles. The Kier molecular flexibility index (Phi) is 28.1. The second kappa shape index (κ2) is 29.2. The van der Waals surface area contributed by atoms with Gasteiger partial charge >= 0.3 is 7.75 Å². The first-order chi connectivity index (χ1) is 20.7. The third kappa shape index (κ3) is 30.3. The largest absolute Gasteiger partial charge is 0.397 e. The number of nitrogens with two attached hydrogens (primary N) is 1. The minimum atomic E-state index is -4.14. The minimum Gasteiger partial charge on any atom is -0.348 e. The minimum absolute atomic E-state index is 0.00788. The van der Waals surface area contributed by atoms with Gasteiger partial charge in [-0.25, -0.2) is 15.1 Å². The number of hydrogen-bond donors (Lipinski definition) is 4. The number of carbonyl (C=O) groups excluding carboxylic acids is 2. The van der Waals surface area contributed by atoms with Crippen molar-refractivity contribution in [3.8, 4) is 0 Å². The number of amides is 2. The second-order valence-electron chi connectivity index (χ2n) is 11.9. The van der Waals surface area contributed by atoms with E-state index in [1.807, 2.05) is 0 Å². The number of nitrogens with zero attached hydrogens (tertiary/aromatic N) is 2.